The molecule has 1 aromatic rings. The van der Waals surface area contributed by atoms with Crippen molar-refractivity contribution >= 4 is 11.9 Å². The lowest BCUT2D eigenvalue weighted by atomic mass is 10.2. The molecule has 80 valence electrons. The normalized spacial score (nSPS) is 20.1. The molecular weight excluding hydrogens is 194 g/mol. The quantitative estimate of drug-likeness (QED) is 0.701. The molecule has 0 spiro atoms. The van der Waals surface area contributed by atoms with Gasteiger partial charge in [0, 0.05) is 13.0 Å². The molecule has 1 fully saturated rings. The predicted octanol–water partition coefficient (Wildman–Crippen LogP) is -0.211. The molecule has 0 aromatic carbocycles. The summed E-state index contributed by atoms with van der Waals surface area (Å²) in [5.74, 6) is 0.545. The zero-order chi connectivity index (χ0) is 10.8. The molecule has 1 amide bonds. The number of nitrogens with one attached hydrogen (secondary N) is 2. The summed E-state index contributed by atoms with van der Waals surface area (Å²) >= 11 is 0. The van der Waals surface area contributed by atoms with E-state index in [1.165, 1.54) is 0 Å². The molecule has 0 bridgehead atoms. The van der Waals surface area contributed by atoms with Crippen LogP contribution in [0, 0.1) is 13.8 Å². The van der Waals surface area contributed by atoms with Gasteiger partial charge in [-0.3, -0.25) is 4.79 Å². The van der Waals surface area contributed by atoms with Crippen LogP contribution in [0.3, 0.4) is 0 Å². The maximum absolute atomic E-state index is 11.0. The zero-order valence-corrected chi connectivity index (χ0v) is 8.74. The second-order valence-electron chi connectivity index (χ2n) is 3.66. The summed E-state index contributed by atoms with van der Waals surface area (Å²) < 4.78 is 0. The molecule has 0 saturated carbocycles. The van der Waals surface area contributed by atoms with E-state index in [2.05, 4.69) is 25.8 Å². The van der Waals surface area contributed by atoms with Crippen LogP contribution in [0.1, 0.15) is 17.8 Å². The van der Waals surface area contributed by atoms with Crippen LogP contribution < -0.4 is 10.6 Å². The smallest absolute Gasteiger partial charge is 0.243 e. The van der Waals surface area contributed by atoms with E-state index in [1.807, 2.05) is 13.8 Å². The molecule has 6 heteroatoms. The van der Waals surface area contributed by atoms with Gasteiger partial charge in [-0.1, -0.05) is 0 Å². The predicted molar refractivity (Wildman–Crippen MR) is 54.3 cm³/mol. The second-order valence-corrected chi connectivity index (χ2v) is 3.66. The third-order valence-electron chi connectivity index (χ3n) is 2.40. The maximum atomic E-state index is 11.0. The highest BCUT2D eigenvalue weighted by atomic mass is 16.1. The number of aromatic nitrogens is 3. The van der Waals surface area contributed by atoms with E-state index in [9.17, 15) is 4.79 Å². The average Bonchev–Trinajstić information content (AvgIpc) is 2.58. The lowest BCUT2D eigenvalue weighted by Crippen LogP contribution is -2.24. The van der Waals surface area contributed by atoms with Crippen molar-refractivity contribution in [1.82, 2.24) is 20.5 Å². The Balaban J connectivity index is 2.05. The Morgan fingerprint density at radius 1 is 1.33 bits per heavy atom. The van der Waals surface area contributed by atoms with Crippen molar-refractivity contribution in [2.75, 3.05) is 11.9 Å². The van der Waals surface area contributed by atoms with Crippen LogP contribution >= 0.6 is 0 Å². The largest absolute Gasteiger partial charge is 0.354 e. The summed E-state index contributed by atoms with van der Waals surface area (Å²) in [4.78, 5) is 15.2. The Morgan fingerprint density at radius 2 is 2.13 bits per heavy atom. The number of hydrogen-bond donors (Lipinski definition) is 2. The molecular formula is C9H13N5O. The molecule has 2 N–H and O–H groups in total. The molecule has 2 rings (SSSR count). The van der Waals surface area contributed by atoms with Crippen LogP contribution in [0.5, 0.6) is 0 Å². The molecule has 2 heterocycles. The highest BCUT2D eigenvalue weighted by molar-refractivity contribution is 5.79. The lowest BCUT2D eigenvalue weighted by molar-refractivity contribution is -0.119. The molecule has 6 nitrogen and oxygen atoms in total. The molecule has 1 unspecified atom stereocenters. The Morgan fingerprint density at radius 3 is 2.73 bits per heavy atom. The van der Waals surface area contributed by atoms with Crippen molar-refractivity contribution in [3.05, 3.63) is 11.4 Å². The summed E-state index contributed by atoms with van der Waals surface area (Å²) in [6.45, 7) is 4.36. The number of rotatable bonds is 2. The number of nitrogens with zero attached hydrogens (tertiary/aromatic N) is 3. The number of amides is 1. The van der Waals surface area contributed by atoms with Gasteiger partial charge >= 0.3 is 0 Å². The van der Waals surface area contributed by atoms with E-state index in [4.69, 9.17) is 0 Å². The second kappa shape index (κ2) is 3.80. The fourth-order valence-electron chi connectivity index (χ4n) is 1.41. The van der Waals surface area contributed by atoms with Gasteiger partial charge in [-0.25, -0.2) is 4.98 Å². The number of carbonyl (C=O) groups excluding carboxylic acids is 1. The van der Waals surface area contributed by atoms with Gasteiger partial charge in [-0.2, -0.15) is 5.10 Å². The van der Waals surface area contributed by atoms with Crippen LogP contribution in [0.2, 0.25) is 0 Å². The molecule has 0 aliphatic carbocycles. The van der Waals surface area contributed by atoms with Crippen molar-refractivity contribution in [2.45, 2.75) is 26.3 Å². The standard InChI is InChI=1S/C9H13N5O/c1-5-6(2)13-14-9(11-5)12-7-3-8(15)10-4-7/h7H,3-4H2,1-2H3,(H,10,15)(H,11,12,14). The molecule has 0 radical (unpaired) electrons. The SMILES string of the molecule is Cc1nnc(NC2CNC(=O)C2)nc1C. The van der Waals surface area contributed by atoms with Crippen molar-refractivity contribution in [1.29, 1.82) is 0 Å². The van der Waals surface area contributed by atoms with Gasteiger partial charge in [0.2, 0.25) is 11.9 Å². The Bertz CT molecular complexity index is 392. The van der Waals surface area contributed by atoms with Crippen LogP contribution in [-0.2, 0) is 4.79 Å². The van der Waals surface area contributed by atoms with Gasteiger partial charge < -0.3 is 10.6 Å². The monoisotopic (exact) mass is 207 g/mol. The Kier molecular flexibility index (Phi) is 2.49. The van der Waals surface area contributed by atoms with Crippen molar-refractivity contribution in [3.8, 4) is 0 Å². The first-order valence-electron chi connectivity index (χ1n) is 4.86. The molecule has 1 atom stereocenters. The third kappa shape index (κ3) is 2.20. The van der Waals surface area contributed by atoms with Crippen LogP contribution in [-0.4, -0.2) is 33.7 Å². The van der Waals surface area contributed by atoms with E-state index in [1.54, 1.807) is 0 Å². The third-order valence-corrected chi connectivity index (χ3v) is 2.40. The highest BCUT2D eigenvalue weighted by Crippen LogP contribution is 2.07. The topological polar surface area (TPSA) is 79.8 Å². The van der Waals surface area contributed by atoms with Crippen molar-refractivity contribution in [3.63, 3.8) is 0 Å². The van der Waals surface area contributed by atoms with Crippen molar-refractivity contribution in [2.24, 2.45) is 0 Å². The fourth-order valence-corrected chi connectivity index (χ4v) is 1.41. The first kappa shape index (κ1) is 9.82. The van der Waals surface area contributed by atoms with E-state index in [-0.39, 0.29) is 11.9 Å². The molecule has 15 heavy (non-hydrogen) atoms. The number of aryl methyl sites for hydroxylation is 2. The first-order valence-corrected chi connectivity index (χ1v) is 4.86. The maximum Gasteiger partial charge on any atom is 0.243 e. The van der Waals surface area contributed by atoms with E-state index in [0.717, 1.165) is 11.4 Å². The minimum atomic E-state index is 0.0595. The van der Waals surface area contributed by atoms with E-state index >= 15 is 0 Å². The molecule has 1 aliphatic heterocycles. The summed E-state index contributed by atoms with van der Waals surface area (Å²) in [5.41, 5.74) is 1.67. The van der Waals surface area contributed by atoms with Crippen LogP contribution in [0.4, 0.5) is 5.95 Å². The Labute approximate surface area is 87.5 Å². The zero-order valence-electron chi connectivity index (χ0n) is 8.74. The van der Waals surface area contributed by atoms with Gasteiger partial charge in [0.05, 0.1) is 17.4 Å². The highest BCUT2D eigenvalue weighted by Gasteiger charge is 2.21. The summed E-state index contributed by atoms with van der Waals surface area (Å²) in [6.07, 6.45) is 0.469. The molecule has 1 saturated heterocycles. The van der Waals surface area contributed by atoms with Crippen molar-refractivity contribution < 1.29 is 4.79 Å². The van der Waals surface area contributed by atoms with E-state index in [0.29, 0.717) is 18.9 Å². The number of carbonyl (C=O) groups is 1. The van der Waals surface area contributed by atoms with E-state index < -0.39 is 0 Å². The average molecular weight is 207 g/mol. The lowest BCUT2D eigenvalue weighted by Gasteiger charge is -2.09. The van der Waals surface area contributed by atoms with Gasteiger partial charge in [0.1, 0.15) is 0 Å². The Hall–Kier alpha value is -1.72. The summed E-state index contributed by atoms with van der Waals surface area (Å²) in [7, 11) is 0. The van der Waals surface area contributed by atoms with Gasteiger partial charge in [0.15, 0.2) is 0 Å². The van der Waals surface area contributed by atoms with Crippen LogP contribution in [0.25, 0.3) is 0 Å². The molecule has 1 aliphatic rings. The van der Waals surface area contributed by atoms with Gasteiger partial charge in [-0.15, -0.1) is 5.10 Å². The summed E-state index contributed by atoms with van der Waals surface area (Å²) in [5, 5.41) is 13.7. The number of anilines is 1. The van der Waals surface area contributed by atoms with Crippen LogP contribution in [0.15, 0.2) is 0 Å². The van der Waals surface area contributed by atoms with Gasteiger partial charge in [0.25, 0.3) is 0 Å². The molecule has 1 aromatic heterocycles. The fraction of sp³-hybridized carbons (Fsp3) is 0.556. The minimum absolute atomic E-state index is 0.0595. The first-order chi connectivity index (χ1) is 7.15. The van der Waals surface area contributed by atoms with Gasteiger partial charge in [-0.05, 0) is 13.8 Å². The number of hydrogen-bond acceptors (Lipinski definition) is 5. The summed E-state index contributed by atoms with van der Waals surface area (Å²) in [6, 6.07) is 0.0707. The minimum Gasteiger partial charge on any atom is -0.354 e.